The lowest BCUT2D eigenvalue weighted by Crippen LogP contribution is -2.02. The molecule has 0 aliphatic rings. The Morgan fingerprint density at radius 1 is 0.806 bits per heavy atom. The van der Waals surface area contributed by atoms with Crippen molar-refractivity contribution in [1.82, 2.24) is 14.6 Å². The van der Waals surface area contributed by atoms with Crippen LogP contribution in [0, 0.1) is 0 Å². The average molecular weight is 407 g/mol. The van der Waals surface area contributed by atoms with Crippen molar-refractivity contribution in [1.29, 1.82) is 0 Å². The van der Waals surface area contributed by atoms with Gasteiger partial charge >= 0.3 is 5.97 Å². The van der Waals surface area contributed by atoms with Crippen LogP contribution in [0.3, 0.4) is 0 Å². The van der Waals surface area contributed by atoms with Crippen LogP contribution in [0.25, 0.3) is 28.0 Å². The minimum absolute atomic E-state index is 0.0596. The second kappa shape index (κ2) is 7.76. The average Bonchev–Trinajstić information content (AvgIpc) is 3.25. The van der Waals surface area contributed by atoms with Crippen LogP contribution in [0.2, 0.25) is 0 Å². The van der Waals surface area contributed by atoms with Gasteiger partial charge in [-0.25, -0.2) is 14.3 Å². The van der Waals surface area contributed by atoms with Crippen molar-refractivity contribution in [3.63, 3.8) is 0 Å². The van der Waals surface area contributed by atoms with E-state index in [1.807, 2.05) is 84.9 Å². The molecule has 31 heavy (non-hydrogen) atoms. The number of carbonyl (C=O) groups is 1. The van der Waals surface area contributed by atoms with E-state index in [-0.39, 0.29) is 5.69 Å². The molecule has 1 N–H and O–H groups in total. The SMILES string of the molecule is O=C(O)c1cc2ncc(-c3ccccc3)c(-c3cccc(Oc4ccccc4)c3)n2n1. The molecule has 6 nitrogen and oxygen atoms in total. The first-order valence-electron chi connectivity index (χ1n) is 9.70. The number of benzene rings is 3. The number of para-hydroxylation sites is 1. The predicted molar refractivity (Wildman–Crippen MR) is 117 cm³/mol. The van der Waals surface area contributed by atoms with Crippen molar-refractivity contribution in [2.24, 2.45) is 0 Å². The van der Waals surface area contributed by atoms with E-state index in [4.69, 9.17) is 4.74 Å². The molecule has 150 valence electrons. The van der Waals surface area contributed by atoms with Gasteiger partial charge in [0.2, 0.25) is 0 Å². The first-order chi connectivity index (χ1) is 15.2. The number of aromatic nitrogens is 3. The normalized spacial score (nSPS) is 10.8. The summed E-state index contributed by atoms with van der Waals surface area (Å²) in [6, 6.07) is 28.4. The monoisotopic (exact) mass is 407 g/mol. The highest BCUT2D eigenvalue weighted by molar-refractivity contribution is 5.88. The Morgan fingerprint density at radius 2 is 1.48 bits per heavy atom. The molecule has 0 aliphatic heterocycles. The van der Waals surface area contributed by atoms with Crippen molar-refractivity contribution in [3.8, 4) is 33.9 Å². The Morgan fingerprint density at radius 3 is 2.23 bits per heavy atom. The van der Waals surface area contributed by atoms with Gasteiger partial charge in [0.05, 0.1) is 5.69 Å². The summed E-state index contributed by atoms with van der Waals surface area (Å²) in [5, 5.41) is 13.7. The third kappa shape index (κ3) is 3.62. The van der Waals surface area contributed by atoms with Crippen molar-refractivity contribution < 1.29 is 14.6 Å². The number of ether oxygens (including phenoxy) is 1. The first-order valence-corrected chi connectivity index (χ1v) is 9.70. The van der Waals surface area contributed by atoms with E-state index in [9.17, 15) is 9.90 Å². The molecule has 0 unspecified atom stereocenters. The summed E-state index contributed by atoms with van der Waals surface area (Å²) in [6.07, 6.45) is 1.75. The molecule has 0 radical (unpaired) electrons. The van der Waals surface area contributed by atoms with Gasteiger partial charge in [-0.2, -0.15) is 5.10 Å². The molecule has 2 aromatic heterocycles. The number of carboxylic acid groups (broad SMARTS) is 1. The molecule has 5 rings (SSSR count). The Bertz CT molecular complexity index is 1380. The summed E-state index contributed by atoms with van der Waals surface area (Å²) < 4.78 is 7.58. The summed E-state index contributed by atoms with van der Waals surface area (Å²) >= 11 is 0. The third-order valence-corrected chi connectivity index (χ3v) is 4.87. The highest BCUT2D eigenvalue weighted by Gasteiger charge is 2.18. The molecule has 3 aromatic carbocycles. The van der Waals surface area contributed by atoms with E-state index >= 15 is 0 Å². The summed E-state index contributed by atoms with van der Waals surface area (Å²) in [4.78, 5) is 15.9. The molecule has 2 heterocycles. The number of carboxylic acids is 1. The van der Waals surface area contributed by atoms with Crippen molar-refractivity contribution in [3.05, 3.63) is 103 Å². The zero-order chi connectivity index (χ0) is 21.2. The quantitative estimate of drug-likeness (QED) is 0.413. The van der Waals surface area contributed by atoms with Gasteiger partial charge in [-0.05, 0) is 29.8 Å². The molecule has 0 saturated heterocycles. The van der Waals surface area contributed by atoms with Crippen molar-refractivity contribution in [2.75, 3.05) is 0 Å². The maximum Gasteiger partial charge on any atom is 0.356 e. The number of hydrogen-bond acceptors (Lipinski definition) is 4. The van der Waals surface area contributed by atoms with E-state index in [1.165, 1.54) is 6.07 Å². The highest BCUT2D eigenvalue weighted by atomic mass is 16.5. The summed E-state index contributed by atoms with van der Waals surface area (Å²) in [5.74, 6) is 0.298. The van der Waals surface area contributed by atoms with Gasteiger partial charge in [0, 0.05) is 23.4 Å². The standard InChI is InChI=1S/C25H17N3O3/c29-25(30)22-15-23-26-16-21(17-8-3-1-4-9-17)24(28(23)27-22)18-10-7-13-20(14-18)31-19-11-5-2-6-12-19/h1-16H,(H,29,30). The fraction of sp³-hybridized carbons (Fsp3) is 0. The van der Waals surface area contributed by atoms with Gasteiger partial charge < -0.3 is 9.84 Å². The fourth-order valence-corrected chi connectivity index (χ4v) is 3.48. The molecular formula is C25H17N3O3. The van der Waals surface area contributed by atoms with Crippen LogP contribution < -0.4 is 4.74 Å². The van der Waals surface area contributed by atoms with Gasteiger partial charge in [0.25, 0.3) is 0 Å². The molecule has 0 saturated carbocycles. The molecular weight excluding hydrogens is 390 g/mol. The number of nitrogens with zero attached hydrogens (tertiary/aromatic N) is 3. The van der Waals surface area contributed by atoms with Gasteiger partial charge in [-0.15, -0.1) is 0 Å². The molecule has 0 bridgehead atoms. The Hall–Kier alpha value is -4.45. The van der Waals surface area contributed by atoms with Crippen LogP contribution in [0.4, 0.5) is 0 Å². The minimum Gasteiger partial charge on any atom is -0.476 e. The van der Waals surface area contributed by atoms with Crippen LogP contribution in [0.15, 0.2) is 97.2 Å². The lowest BCUT2D eigenvalue weighted by atomic mass is 10.0. The van der Waals surface area contributed by atoms with Gasteiger partial charge in [-0.1, -0.05) is 60.7 Å². The van der Waals surface area contributed by atoms with E-state index in [0.717, 1.165) is 28.1 Å². The maximum absolute atomic E-state index is 11.5. The largest absolute Gasteiger partial charge is 0.476 e. The van der Waals surface area contributed by atoms with Gasteiger partial charge in [0.15, 0.2) is 11.3 Å². The lowest BCUT2D eigenvalue weighted by molar-refractivity contribution is 0.0690. The Kier molecular flexibility index (Phi) is 4.65. The van der Waals surface area contributed by atoms with Crippen LogP contribution in [-0.4, -0.2) is 25.7 Å². The lowest BCUT2D eigenvalue weighted by Gasteiger charge is -2.13. The van der Waals surface area contributed by atoms with E-state index in [1.54, 1.807) is 10.7 Å². The van der Waals surface area contributed by atoms with Crippen molar-refractivity contribution >= 4 is 11.6 Å². The summed E-state index contributed by atoms with van der Waals surface area (Å²) in [7, 11) is 0. The first kappa shape index (κ1) is 18.6. The van der Waals surface area contributed by atoms with E-state index < -0.39 is 5.97 Å². The van der Waals surface area contributed by atoms with Crippen molar-refractivity contribution in [2.45, 2.75) is 0 Å². The van der Waals surface area contributed by atoms with Crippen LogP contribution in [-0.2, 0) is 0 Å². The highest BCUT2D eigenvalue weighted by Crippen LogP contribution is 2.34. The number of rotatable bonds is 5. The molecule has 5 aromatic rings. The van der Waals surface area contributed by atoms with E-state index in [2.05, 4.69) is 10.1 Å². The van der Waals surface area contributed by atoms with Crippen LogP contribution >= 0.6 is 0 Å². The molecule has 0 atom stereocenters. The van der Waals surface area contributed by atoms with Gasteiger partial charge in [-0.3, -0.25) is 0 Å². The molecule has 0 aliphatic carbocycles. The summed E-state index contributed by atoms with van der Waals surface area (Å²) in [6.45, 7) is 0. The zero-order valence-corrected chi connectivity index (χ0v) is 16.3. The Balaban J connectivity index is 1.71. The molecule has 0 spiro atoms. The Labute approximate surface area is 178 Å². The van der Waals surface area contributed by atoms with Crippen LogP contribution in [0.5, 0.6) is 11.5 Å². The molecule has 6 heteroatoms. The number of hydrogen-bond donors (Lipinski definition) is 1. The van der Waals surface area contributed by atoms with E-state index in [0.29, 0.717) is 11.4 Å². The maximum atomic E-state index is 11.5. The summed E-state index contributed by atoms with van der Waals surface area (Å²) in [5.41, 5.74) is 3.76. The smallest absolute Gasteiger partial charge is 0.356 e. The zero-order valence-electron chi connectivity index (χ0n) is 16.3. The fourth-order valence-electron chi connectivity index (χ4n) is 3.48. The third-order valence-electron chi connectivity index (χ3n) is 4.87. The minimum atomic E-state index is -1.10. The number of fused-ring (bicyclic) bond motifs is 1. The number of aromatic carboxylic acids is 1. The second-order valence-corrected chi connectivity index (χ2v) is 6.93. The van der Waals surface area contributed by atoms with Gasteiger partial charge in [0.1, 0.15) is 11.5 Å². The second-order valence-electron chi connectivity index (χ2n) is 6.93. The predicted octanol–water partition coefficient (Wildman–Crippen LogP) is 5.55. The molecule has 0 amide bonds. The molecule has 0 fully saturated rings. The van der Waals surface area contributed by atoms with Crippen LogP contribution in [0.1, 0.15) is 10.5 Å². The topological polar surface area (TPSA) is 76.7 Å².